The largest absolute Gasteiger partial charge is 0.297 e. The smallest absolute Gasteiger partial charge is 0.239 e. The van der Waals surface area contributed by atoms with Gasteiger partial charge >= 0.3 is 0 Å². The average molecular weight is 655 g/mol. The predicted octanol–water partition coefficient (Wildman–Crippen LogP) is 8.80. The van der Waals surface area contributed by atoms with Crippen LogP contribution in [0.25, 0.3) is 11.1 Å². The van der Waals surface area contributed by atoms with Crippen LogP contribution in [0.15, 0.2) is 127 Å². The zero-order chi connectivity index (χ0) is 32.7. The van der Waals surface area contributed by atoms with E-state index in [4.69, 9.17) is 23.2 Å². The third-order valence-electron chi connectivity index (χ3n) is 10.3. The highest BCUT2D eigenvalue weighted by molar-refractivity contribution is 6.39. The number of hydrogen-bond acceptors (Lipinski definition) is 3. The van der Waals surface area contributed by atoms with Gasteiger partial charge in [0.15, 0.2) is 5.78 Å². The number of amides is 2. The lowest BCUT2D eigenvalue weighted by Gasteiger charge is -2.39. The molecule has 230 valence electrons. The van der Waals surface area contributed by atoms with Crippen LogP contribution in [-0.2, 0) is 25.2 Å². The van der Waals surface area contributed by atoms with Gasteiger partial charge in [-0.3, -0.25) is 14.4 Å². The van der Waals surface area contributed by atoms with Crippen LogP contribution in [-0.4, -0.2) is 17.6 Å². The van der Waals surface area contributed by atoms with Gasteiger partial charge in [-0.15, -0.1) is 0 Å². The number of anilines is 1. The van der Waals surface area contributed by atoms with Crippen LogP contribution in [0.4, 0.5) is 5.69 Å². The maximum Gasteiger partial charge on any atom is 0.239 e. The Kier molecular flexibility index (Phi) is 6.70. The molecule has 2 aliphatic carbocycles. The number of carbonyl (C=O) groups excluding carboxylic acids is 3. The van der Waals surface area contributed by atoms with E-state index in [-0.39, 0.29) is 17.6 Å². The summed E-state index contributed by atoms with van der Waals surface area (Å²) in [6, 6.07) is 39.6. The number of rotatable bonds is 5. The molecule has 47 heavy (non-hydrogen) atoms. The first-order chi connectivity index (χ1) is 22.7. The van der Waals surface area contributed by atoms with Crippen molar-refractivity contribution in [1.82, 2.24) is 0 Å². The molecule has 2 bridgehead atoms. The first-order valence-corrected chi connectivity index (χ1v) is 16.4. The molecule has 5 aromatic carbocycles. The third kappa shape index (κ3) is 3.86. The standard InChI is InChI=1S/C41H29Cl2NO3/c1-24-13-22-32(25(2)23-24)44-37(45)35-36(38(44)46)41(29-16-20-31(43)21-17-29)34(27-11-7-4-8-12-27)33(26-9-5-3-6-10-26)40(35,39(41)47)28-14-18-30(42)19-15-28/h3-23,35-36H,1-2H3/t35-,36-,40+,41+/m1/s1. The molecule has 2 fully saturated rings. The Morgan fingerprint density at radius 3 is 1.38 bits per heavy atom. The van der Waals surface area contributed by atoms with Crippen molar-refractivity contribution in [3.8, 4) is 0 Å². The van der Waals surface area contributed by atoms with Crippen LogP contribution in [0.2, 0.25) is 10.0 Å². The van der Waals surface area contributed by atoms with E-state index in [1.54, 1.807) is 24.3 Å². The molecule has 1 saturated heterocycles. The molecule has 0 radical (unpaired) electrons. The molecule has 0 aromatic heterocycles. The van der Waals surface area contributed by atoms with Gasteiger partial charge in [0.1, 0.15) is 0 Å². The van der Waals surface area contributed by atoms with Crippen LogP contribution < -0.4 is 4.90 Å². The van der Waals surface area contributed by atoms with Gasteiger partial charge in [0.25, 0.3) is 0 Å². The number of fused-ring (bicyclic) bond motifs is 5. The van der Waals surface area contributed by atoms with E-state index in [9.17, 15) is 0 Å². The van der Waals surface area contributed by atoms with E-state index in [1.165, 1.54) is 4.90 Å². The molecule has 4 atom stereocenters. The number of aryl methyl sites for hydroxylation is 2. The Bertz CT molecular complexity index is 2010. The fourth-order valence-corrected chi connectivity index (χ4v) is 8.90. The van der Waals surface area contributed by atoms with E-state index >= 15 is 14.4 Å². The summed E-state index contributed by atoms with van der Waals surface area (Å²) in [6.07, 6.45) is 0. The molecule has 4 nitrogen and oxygen atoms in total. The maximum absolute atomic E-state index is 16.0. The molecule has 8 rings (SSSR count). The number of hydrogen-bond donors (Lipinski definition) is 0. The average Bonchev–Trinajstić information content (AvgIpc) is 3.58. The van der Waals surface area contributed by atoms with E-state index < -0.39 is 22.7 Å². The van der Waals surface area contributed by atoms with Crippen molar-refractivity contribution >= 4 is 57.6 Å². The number of nitrogens with zero attached hydrogens (tertiary/aromatic N) is 1. The molecule has 2 amide bonds. The number of halogens is 2. The lowest BCUT2D eigenvalue weighted by atomic mass is 9.59. The van der Waals surface area contributed by atoms with Crippen LogP contribution in [0.1, 0.15) is 33.4 Å². The van der Waals surface area contributed by atoms with Gasteiger partial charge in [0.05, 0.1) is 28.4 Å². The van der Waals surface area contributed by atoms with Crippen molar-refractivity contribution in [3.05, 3.63) is 171 Å². The summed E-state index contributed by atoms with van der Waals surface area (Å²) >= 11 is 12.9. The van der Waals surface area contributed by atoms with Gasteiger partial charge < -0.3 is 0 Å². The summed E-state index contributed by atoms with van der Waals surface area (Å²) in [5.74, 6) is -2.98. The number of ketones is 1. The van der Waals surface area contributed by atoms with Gasteiger partial charge in [0, 0.05) is 10.0 Å². The normalized spacial score (nSPS) is 24.8. The highest BCUT2D eigenvalue weighted by Crippen LogP contribution is 2.74. The van der Waals surface area contributed by atoms with Crippen molar-refractivity contribution in [2.24, 2.45) is 11.8 Å². The summed E-state index contributed by atoms with van der Waals surface area (Å²) in [5.41, 5.74) is 3.73. The topological polar surface area (TPSA) is 54.5 Å². The zero-order valence-corrected chi connectivity index (χ0v) is 27.2. The van der Waals surface area contributed by atoms with Crippen molar-refractivity contribution in [2.75, 3.05) is 4.90 Å². The van der Waals surface area contributed by atoms with Crippen LogP contribution in [0.5, 0.6) is 0 Å². The Labute approximate surface area is 283 Å². The minimum Gasteiger partial charge on any atom is -0.297 e. The quantitative estimate of drug-likeness (QED) is 0.178. The molecule has 1 aliphatic heterocycles. The summed E-state index contributed by atoms with van der Waals surface area (Å²) < 4.78 is 0. The van der Waals surface area contributed by atoms with Crippen LogP contribution in [0, 0.1) is 25.7 Å². The lowest BCUT2D eigenvalue weighted by Crippen LogP contribution is -2.45. The second-order valence-electron chi connectivity index (χ2n) is 12.7. The Balaban J connectivity index is 1.56. The molecular weight excluding hydrogens is 625 g/mol. The molecule has 1 heterocycles. The first-order valence-electron chi connectivity index (χ1n) is 15.6. The summed E-state index contributed by atoms with van der Waals surface area (Å²) in [4.78, 5) is 47.6. The number of benzene rings is 5. The molecular formula is C41H29Cl2NO3. The number of carbonyl (C=O) groups is 3. The minimum absolute atomic E-state index is 0.190. The number of imide groups is 1. The van der Waals surface area contributed by atoms with Crippen LogP contribution in [0.3, 0.4) is 0 Å². The fourth-order valence-electron chi connectivity index (χ4n) is 8.65. The summed E-state index contributed by atoms with van der Waals surface area (Å²) in [5, 5.41) is 1.02. The number of allylic oxidation sites excluding steroid dienone is 2. The molecule has 1 saturated carbocycles. The van der Waals surface area contributed by atoms with Gasteiger partial charge in [-0.2, -0.15) is 0 Å². The highest BCUT2D eigenvalue weighted by Gasteiger charge is 2.82. The van der Waals surface area contributed by atoms with Crippen molar-refractivity contribution in [3.63, 3.8) is 0 Å². The van der Waals surface area contributed by atoms with E-state index in [0.29, 0.717) is 26.9 Å². The highest BCUT2D eigenvalue weighted by atomic mass is 35.5. The van der Waals surface area contributed by atoms with Gasteiger partial charge in [-0.05, 0) is 83.1 Å². The second-order valence-corrected chi connectivity index (χ2v) is 13.6. The van der Waals surface area contributed by atoms with Gasteiger partial charge in [-0.25, -0.2) is 4.90 Å². The second kappa shape index (κ2) is 10.6. The third-order valence-corrected chi connectivity index (χ3v) is 10.8. The molecule has 5 aromatic rings. The lowest BCUT2D eigenvalue weighted by molar-refractivity contribution is -0.130. The fraction of sp³-hybridized carbons (Fsp3) is 0.146. The SMILES string of the molecule is Cc1ccc(N2C(=O)[C@H]3[C@H](C2=O)[C@@]2(c4ccc(Cl)cc4)C(=O)[C@@]3(c3ccc(Cl)cc3)C(c3ccccc3)=C2c2ccccc2)c(C)c1. The van der Waals surface area contributed by atoms with Gasteiger partial charge in [0.2, 0.25) is 11.8 Å². The minimum atomic E-state index is -1.50. The molecule has 3 aliphatic rings. The summed E-state index contributed by atoms with van der Waals surface area (Å²) in [7, 11) is 0. The van der Waals surface area contributed by atoms with Crippen LogP contribution >= 0.6 is 23.2 Å². The van der Waals surface area contributed by atoms with E-state index in [1.807, 2.05) is 117 Å². The molecule has 6 heteroatoms. The van der Waals surface area contributed by atoms with E-state index in [2.05, 4.69) is 0 Å². The monoisotopic (exact) mass is 653 g/mol. The van der Waals surface area contributed by atoms with E-state index in [0.717, 1.165) is 33.4 Å². The number of Topliss-reactive ketones (excluding diaryl/α,β-unsaturated/α-hetero) is 1. The first kappa shape index (κ1) is 29.6. The Morgan fingerprint density at radius 1 is 0.553 bits per heavy atom. The predicted molar refractivity (Wildman–Crippen MR) is 186 cm³/mol. The molecule has 0 unspecified atom stereocenters. The van der Waals surface area contributed by atoms with Gasteiger partial charge in [-0.1, -0.05) is 126 Å². The maximum atomic E-state index is 16.0. The van der Waals surface area contributed by atoms with Crippen molar-refractivity contribution in [1.29, 1.82) is 0 Å². The summed E-state index contributed by atoms with van der Waals surface area (Å²) in [6.45, 7) is 3.88. The molecule has 0 spiro atoms. The molecule has 0 N–H and O–H groups in total. The van der Waals surface area contributed by atoms with Crippen molar-refractivity contribution in [2.45, 2.75) is 24.7 Å². The Morgan fingerprint density at radius 2 is 0.979 bits per heavy atom. The van der Waals surface area contributed by atoms with Crippen molar-refractivity contribution < 1.29 is 14.4 Å². The Hall–Kier alpha value is -4.77. The zero-order valence-electron chi connectivity index (χ0n) is 25.7.